The van der Waals surface area contributed by atoms with Gasteiger partial charge in [-0.1, -0.05) is 47.6 Å². The number of aromatic nitrogens is 3. The number of carbonyl (C=O) groups excluding carboxylic acids is 1. The highest BCUT2D eigenvalue weighted by molar-refractivity contribution is 8.00. The van der Waals surface area contributed by atoms with Crippen molar-refractivity contribution in [3.63, 3.8) is 0 Å². The summed E-state index contributed by atoms with van der Waals surface area (Å²) in [5, 5.41) is 9.13. The van der Waals surface area contributed by atoms with Crippen LogP contribution in [0.5, 0.6) is 0 Å². The molecule has 1 aromatic heterocycles. The van der Waals surface area contributed by atoms with Crippen LogP contribution >= 0.6 is 23.4 Å². The number of benzene rings is 2. The zero-order chi connectivity index (χ0) is 18.5. The first-order valence-electron chi connectivity index (χ1n) is 8.29. The molecule has 7 heteroatoms. The van der Waals surface area contributed by atoms with E-state index < -0.39 is 0 Å². The Bertz CT molecular complexity index is 884. The van der Waals surface area contributed by atoms with Gasteiger partial charge in [0.2, 0.25) is 5.91 Å². The number of anilines is 1. The van der Waals surface area contributed by atoms with E-state index in [4.69, 9.17) is 11.6 Å². The third kappa shape index (κ3) is 4.08. The molecule has 0 aliphatic heterocycles. The second-order valence-electron chi connectivity index (χ2n) is 5.64. The van der Waals surface area contributed by atoms with Gasteiger partial charge in [-0.2, -0.15) is 0 Å². The SMILES string of the molecule is CCN(C(=O)[C@H](C)Sc1nncn1-c1cccc(Cl)c1)c1ccccc1. The van der Waals surface area contributed by atoms with E-state index in [0.717, 1.165) is 11.4 Å². The highest BCUT2D eigenvalue weighted by Gasteiger charge is 2.23. The van der Waals surface area contributed by atoms with Gasteiger partial charge in [-0.3, -0.25) is 9.36 Å². The molecular weight excluding hydrogens is 368 g/mol. The fraction of sp³-hybridized carbons (Fsp3) is 0.211. The summed E-state index contributed by atoms with van der Waals surface area (Å²) >= 11 is 7.46. The van der Waals surface area contributed by atoms with Gasteiger partial charge in [0.15, 0.2) is 5.16 Å². The summed E-state index contributed by atoms with van der Waals surface area (Å²) in [7, 11) is 0. The molecule has 2 aromatic carbocycles. The van der Waals surface area contributed by atoms with Crippen molar-refractivity contribution in [2.75, 3.05) is 11.4 Å². The summed E-state index contributed by atoms with van der Waals surface area (Å²) in [5.41, 5.74) is 1.75. The Kier molecular flexibility index (Phi) is 5.96. The molecule has 134 valence electrons. The molecule has 0 aliphatic carbocycles. The van der Waals surface area contributed by atoms with Crippen LogP contribution in [0.25, 0.3) is 5.69 Å². The molecule has 1 atom stereocenters. The Morgan fingerprint density at radius 2 is 2.00 bits per heavy atom. The van der Waals surface area contributed by atoms with Crippen molar-refractivity contribution >= 4 is 35.0 Å². The number of thioether (sulfide) groups is 1. The van der Waals surface area contributed by atoms with Crippen molar-refractivity contribution in [2.45, 2.75) is 24.3 Å². The van der Waals surface area contributed by atoms with E-state index in [1.165, 1.54) is 11.8 Å². The summed E-state index contributed by atoms with van der Waals surface area (Å²) in [4.78, 5) is 14.7. The maximum Gasteiger partial charge on any atom is 0.240 e. The largest absolute Gasteiger partial charge is 0.312 e. The second kappa shape index (κ2) is 8.38. The van der Waals surface area contributed by atoms with Crippen molar-refractivity contribution in [3.8, 4) is 5.69 Å². The Morgan fingerprint density at radius 3 is 2.69 bits per heavy atom. The lowest BCUT2D eigenvalue weighted by Gasteiger charge is -2.24. The van der Waals surface area contributed by atoms with Crippen LogP contribution in [-0.4, -0.2) is 32.5 Å². The summed E-state index contributed by atoms with van der Waals surface area (Å²) in [5.74, 6) is 0.0318. The van der Waals surface area contributed by atoms with E-state index in [0.29, 0.717) is 16.7 Å². The number of hydrogen-bond acceptors (Lipinski definition) is 4. The minimum absolute atomic E-state index is 0.0318. The average Bonchev–Trinajstić information content (AvgIpc) is 3.11. The topological polar surface area (TPSA) is 51.0 Å². The third-order valence-corrected chi connectivity index (χ3v) is 5.16. The summed E-state index contributed by atoms with van der Waals surface area (Å²) < 4.78 is 1.83. The van der Waals surface area contributed by atoms with Crippen LogP contribution in [0.1, 0.15) is 13.8 Å². The Hall–Kier alpha value is -2.31. The molecule has 3 aromatic rings. The van der Waals surface area contributed by atoms with Gasteiger partial charge in [-0.15, -0.1) is 10.2 Å². The molecule has 0 aliphatic rings. The minimum Gasteiger partial charge on any atom is -0.312 e. The first-order chi connectivity index (χ1) is 12.6. The smallest absolute Gasteiger partial charge is 0.240 e. The van der Waals surface area contributed by atoms with E-state index in [9.17, 15) is 4.79 Å². The fourth-order valence-corrected chi connectivity index (χ4v) is 3.70. The Balaban J connectivity index is 1.79. The average molecular weight is 387 g/mol. The normalized spacial score (nSPS) is 12.0. The second-order valence-corrected chi connectivity index (χ2v) is 7.39. The van der Waals surface area contributed by atoms with Gasteiger partial charge in [0.05, 0.1) is 10.9 Å². The molecule has 0 bridgehead atoms. The number of carbonyl (C=O) groups is 1. The van der Waals surface area contributed by atoms with Gasteiger partial charge in [-0.05, 0) is 44.2 Å². The van der Waals surface area contributed by atoms with Crippen LogP contribution in [0, 0.1) is 0 Å². The standard InChI is InChI=1S/C19H19ClN4OS/c1-3-23(16-9-5-4-6-10-16)18(25)14(2)26-19-22-21-13-24(19)17-11-7-8-15(20)12-17/h4-14H,3H2,1-2H3/t14-/m0/s1. The molecule has 1 heterocycles. The molecule has 1 amide bonds. The Labute approximate surface area is 162 Å². The number of hydrogen-bond donors (Lipinski definition) is 0. The quantitative estimate of drug-likeness (QED) is 0.587. The van der Waals surface area contributed by atoms with Crippen molar-refractivity contribution in [2.24, 2.45) is 0 Å². The summed E-state index contributed by atoms with van der Waals surface area (Å²) in [6.45, 7) is 4.46. The van der Waals surface area contributed by atoms with Crippen LogP contribution in [0.4, 0.5) is 5.69 Å². The number of amides is 1. The fourth-order valence-electron chi connectivity index (χ4n) is 2.61. The summed E-state index contributed by atoms with van der Waals surface area (Å²) in [6, 6.07) is 17.1. The summed E-state index contributed by atoms with van der Waals surface area (Å²) in [6.07, 6.45) is 1.62. The molecule has 0 unspecified atom stereocenters. The predicted molar refractivity (Wildman–Crippen MR) is 106 cm³/mol. The lowest BCUT2D eigenvalue weighted by Crippen LogP contribution is -2.36. The molecule has 0 saturated heterocycles. The van der Waals surface area contributed by atoms with E-state index in [1.807, 2.05) is 73.0 Å². The predicted octanol–water partition coefficient (Wildman–Crippen LogP) is 4.45. The number of halogens is 1. The molecular formula is C19H19ClN4OS. The zero-order valence-electron chi connectivity index (χ0n) is 14.5. The monoisotopic (exact) mass is 386 g/mol. The molecule has 0 N–H and O–H groups in total. The molecule has 26 heavy (non-hydrogen) atoms. The van der Waals surface area contributed by atoms with E-state index >= 15 is 0 Å². The van der Waals surface area contributed by atoms with Gasteiger partial charge < -0.3 is 4.90 Å². The van der Waals surface area contributed by atoms with Gasteiger partial charge in [0, 0.05) is 17.3 Å². The van der Waals surface area contributed by atoms with Crippen molar-refractivity contribution < 1.29 is 4.79 Å². The lowest BCUT2D eigenvalue weighted by atomic mass is 10.2. The molecule has 5 nitrogen and oxygen atoms in total. The highest BCUT2D eigenvalue weighted by Crippen LogP contribution is 2.27. The molecule has 0 radical (unpaired) electrons. The molecule has 0 fully saturated rings. The molecule has 3 rings (SSSR count). The first kappa shape index (κ1) is 18.5. The van der Waals surface area contributed by atoms with Gasteiger partial charge in [-0.25, -0.2) is 0 Å². The number of nitrogens with zero attached hydrogens (tertiary/aromatic N) is 4. The van der Waals surface area contributed by atoms with E-state index in [2.05, 4.69) is 10.2 Å². The van der Waals surface area contributed by atoms with Gasteiger partial charge in [0.1, 0.15) is 6.33 Å². The molecule has 0 saturated carbocycles. The molecule has 0 spiro atoms. The van der Waals surface area contributed by atoms with Crippen LogP contribution in [-0.2, 0) is 4.79 Å². The van der Waals surface area contributed by atoms with Crippen molar-refractivity contribution in [3.05, 3.63) is 65.9 Å². The minimum atomic E-state index is -0.308. The van der Waals surface area contributed by atoms with E-state index in [-0.39, 0.29) is 11.2 Å². The third-order valence-electron chi connectivity index (χ3n) is 3.88. The van der Waals surface area contributed by atoms with Crippen LogP contribution < -0.4 is 4.90 Å². The first-order valence-corrected chi connectivity index (χ1v) is 9.55. The number of para-hydroxylation sites is 1. The van der Waals surface area contributed by atoms with Crippen LogP contribution in [0.2, 0.25) is 5.02 Å². The van der Waals surface area contributed by atoms with Crippen molar-refractivity contribution in [1.29, 1.82) is 0 Å². The lowest BCUT2D eigenvalue weighted by molar-refractivity contribution is -0.117. The highest BCUT2D eigenvalue weighted by atomic mass is 35.5. The van der Waals surface area contributed by atoms with Crippen LogP contribution in [0.3, 0.4) is 0 Å². The van der Waals surface area contributed by atoms with Crippen molar-refractivity contribution in [1.82, 2.24) is 14.8 Å². The van der Waals surface area contributed by atoms with Gasteiger partial charge in [0.25, 0.3) is 0 Å². The maximum atomic E-state index is 12.9. The zero-order valence-corrected chi connectivity index (χ0v) is 16.1. The van der Waals surface area contributed by atoms with Crippen LogP contribution in [0.15, 0.2) is 66.1 Å². The van der Waals surface area contributed by atoms with E-state index in [1.54, 1.807) is 11.2 Å². The maximum absolute atomic E-state index is 12.9. The number of rotatable bonds is 6. The van der Waals surface area contributed by atoms with Gasteiger partial charge >= 0.3 is 0 Å². The Morgan fingerprint density at radius 1 is 1.23 bits per heavy atom.